The van der Waals surface area contributed by atoms with E-state index in [0.29, 0.717) is 18.0 Å². The van der Waals surface area contributed by atoms with Crippen LogP contribution in [0.3, 0.4) is 0 Å². The monoisotopic (exact) mass is 240 g/mol. The van der Waals surface area contributed by atoms with E-state index < -0.39 is 5.82 Å². The van der Waals surface area contributed by atoms with Crippen molar-refractivity contribution in [3.05, 3.63) is 17.9 Å². The number of nitrogens with two attached hydrogens (primary N) is 1. The van der Waals surface area contributed by atoms with Crippen LogP contribution in [0.15, 0.2) is 12.1 Å². The quantitative estimate of drug-likeness (QED) is 0.793. The van der Waals surface area contributed by atoms with Crippen molar-refractivity contribution < 1.29 is 13.9 Å². The molecule has 0 spiro atoms. The van der Waals surface area contributed by atoms with Gasteiger partial charge < -0.3 is 20.5 Å². The first-order valence-corrected chi connectivity index (χ1v) is 5.68. The van der Waals surface area contributed by atoms with Gasteiger partial charge in [0.05, 0.1) is 25.1 Å². The predicted molar refractivity (Wildman–Crippen MR) is 64.8 cm³/mol. The summed E-state index contributed by atoms with van der Waals surface area (Å²) in [7, 11) is 1.43. The number of anilines is 2. The molecule has 0 amide bonds. The molecule has 4 nitrogen and oxygen atoms in total. The summed E-state index contributed by atoms with van der Waals surface area (Å²) in [6, 6.07) is 3.07. The molecule has 1 aliphatic rings. The van der Waals surface area contributed by atoms with Gasteiger partial charge in [-0.3, -0.25) is 0 Å². The molecule has 1 heterocycles. The van der Waals surface area contributed by atoms with Gasteiger partial charge in [-0.25, -0.2) is 4.39 Å². The zero-order valence-electron chi connectivity index (χ0n) is 9.83. The Kier molecular flexibility index (Phi) is 3.68. The van der Waals surface area contributed by atoms with Gasteiger partial charge in [-0.2, -0.15) is 0 Å². The van der Waals surface area contributed by atoms with Crippen molar-refractivity contribution in [3.8, 4) is 5.75 Å². The van der Waals surface area contributed by atoms with Gasteiger partial charge in [0.1, 0.15) is 0 Å². The topological polar surface area (TPSA) is 56.5 Å². The number of nitrogen functional groups attached to an aromatic ring is 1. The highest BCUT2D eigenvalue weighted by atomic mass is 19.1. The highest BCUT2D eigenvalue weighted by Crippen LogP contribution is 2.29. The van der Waals surface area contributed by atoms with Crippen LogP contribution in [0.5, 0.6) is 5.75 Å². The Morgan fingerprint density at radius 2 is 2.35 bits per heavy atom. The summed E-state index contributed by atoms with van der Waals surface area (Å²) in [5, 5.41) is 3.25. The van der Waals surface area contributed by atoms with Gasteiger partial charge in [-0.1, -0.05) is 0 Å². The Bertz CT molecular complexity index is 392. The maximum atomic E-state index is 13.4. The van der Waals surface area contributed by atoms with Gasteiger partial charge in [0.25, 0.3) is 0 Å². The van der Waals surface area contributed by atoms with Crippen LogP contribution in [0.2, 0.25) is 0 Å². The molecule has 0 bridgehead atoms. The van der Waals surface area contributed by atoms with Gasteiger partial charge in [-0.15, -0.1) is 0 Å². The summed E-state index contributed by atoms with van der Waals surface area (Å²) in [6.45, 7) is 1.46. The van der Waals surface area contributed by atoms with Gasteiger partial charge in [-0.05, 0) is 12.8 Å². The predicted octanol–water partition coefficient (Wildman–Crippen LogP) is 2.01. The molecule has 5 heteroatoms. The molecule has 3 N–H and O–H groups in total. The highest BCUT2D eigenvalue weighted by Gasteiger charge is 2.16. The zero-order chi connectivity index (χ0) is 12.3. The molecule has 1 saturated heterocycles. The summed E-state index contributed by atoms with van der Waals surface area (Å²) >= 11 is 0. The molecule has 1 atom stereocenters. The van der Waals surface area contributed by atoms with E-state index in [4.69, 9.17) is 15.2 Å². The summed E-state index contributed by atoms with van der Waals surface area (Å²) in [5.74, 6) is -0.256. The summed E-state index contributed by atoms with van der Waals surface area (Å²) < 4.78 is 23.6. The number of nitrogens with one attached hydrogen (secondary N) is 1. The number of ether oxygens (including phenoxy) is 2. The molecule has 1 aromatic rings. The maximum Gasteiger partial charge on any atom is 0.167 e. The largest absolute Gasteiger partial charge is 0.494 e. The molecule has 0 aromatic heterocycles. The molecular formula is C12H17FN2O2. The lowest BCUT2D eigenvalue weighted by Crippen LogP contribution is -2.30. The molecule has 2 rings (SSSR count). The van der Waals surface area contributed by atoms with E-state index in [0.717, 1.165) is 19.4 Å². The van der Waals surface area contributed by atoms with Crippen molar-refractivity contribution in [3.63, 3.8) is 0 Å². The van der Waals surface area contributed by atoms with E-state index in [1.807, 2.05) is 0 Å². The minimum absolute atomic E-state index is 0.193. The van der Waals surface area contributed by atoms with E-state index in [9.17, 15) is 4.39 Å². The third-order valence-electron chi connectivity index (χ3n) is 2.84. The van der Waals surface area contributed by atoms with Crippen molar-refractivity contribution in [1.29, 1.82) is 0 Å². The minimum atomic E-state index is -0.449. The second-order valence-corrected chi connectivity index (χ2v) is 4.13. The SMILES string of the molecule is COc1cc(NC2CCCOC2)c(N)cc1F. The molecule has 0 aliphatic carbocycles. The number of benzene rings is 1. The maximum absolute atomic E-state index is 13.4. The molecule has 1 aliphatic heterocycles. The third-order valence-corrected chi connectivity index (χ3v) is 2.84. The van der Waals surface area contributed by atoms with Crippen molar-refractivity contribution in [1.82, 2.24) is 0 Å². The number of halogens is 1. The smallest absolute Gasteiger partial charge is 0.167 e. The number of hydrogen-bond acceptors (Lipinski definition) is 4. The molecule has 0 radical (unpaired) electrons. The van der Waals surface area contributed by atoms with Gasteiger partial charge >= 0.3 is 0 Å². The molecule has 17 heavy (non-hydrogen) atoms. The second-order valence-electron chi connectivity index (χ2n) is 4.13. The van der Waals surface area contributed by atoms with Gasteiger partial charge in [0.15, 0.2) is 11.6 Å². The summed E-state index contributed by atoms with van der Waals surface area (Å²) in [4.78, 5) is 0. The summed E-state index contributed by atoms with van der Waals surface area (Å²) in [6.07, 6.45) is 2.05. The molecule has 1 unspecified atom stereocenters. The fourth-order valence-electron chi connectivity index (χ4n) is 1.92. The van der Waals surface area contributed by atoms with Crippen LogP contribution in [-0.4, -0.2) is 26.4 Å². The average molecular weight is 240 g/mol. The van der Waals surface area contributed by atoms with Crippen LogP contribution < -0.4 is 15.8 Å². The molecule has 1 aromatic carbocycles. The van der Waals surface area contributed by atoms with Gasteiger partial charge in [0.2, 0.25) is 0 Å². The van der Waals surface area contributed by atoms with E-state index in [-0.39, 0.29) is 11.8 Å². The van der Waals surface area contributed by atoms with Crippen LogP contribution in [-0.2, 0) is 4.74 Å². The van der Waals surface area contributed by atoms with E-state index in [2.05, 4.69) is 5.32 Å². The van der Waals surface area contributed by atoms with Gasteiger partial charge in [0, 0.05) is 24.8 Å². The fraction of sp³-hybridized carbons (Fsp3) is 0.500. The van der Waals surface area contributed by atoms with Crippen molar-refractivity contribution >= 4 is 11.4 Å². The standard InChI is InChI=1S/C12H17FN2O2/c1-16-12-6-11(10(14)5-9(12)13)15-8-3-2-4-17-7-8/h5-6,8,15H,2-4,7,14H2,1H3. The van der Waals surface area contributed by atoms with Crippen molar-refractivity contribution in [2.75, 3.05) is 31.4 Å². The molecule has 1 fully saturated rings. The molecule has 0 saturated carbocycles. The highest BCUT2D eigenvalue weighted by molar-refractivity contribution is 5.69. The first kappa shape index (κ1) is 12.0. The van der Waals surface area contributed by atoms with Crippen LogP contribution in [0.4, 0.5) is 15.8 Å². The average Bonchev–Trinajstić information content (AvgIpc) is 2.34. The van der Waals surface area contributed by atoms with Crippen molar-refractivity contribution in [2.24, 2.45) is 0 Å². The van der Waals surface area contributed by atoms with Crippen LogP contribution in [0.1, 0.15) is 12.8 Å². The molecular weight excluding hydrogens is 223 g/mol. The Labute approximate surface area is 99.9 Å². The second kappa shape index (κ2) is 5.23. The lowest BCUT2D eigenvalue weighted by atomic mass is 10.1. The van der Waals surface area contributed by atoms with E-state index in [1.165, 1.54) is 13.2 Å². The molecule has 94 valence electrons. The first-order chi connectivity index (χ1) is 8.20. The Morgan fingerprint density at radius 1 is 1.53 bits per heavy atom. The number of methoxy groups -OCH3 is 1. The number of hydrogen-bond donors (Lipinski definition) is 2. The normalized spacial score (nSPS) is 20.0. The van der Waals surface area contributed by atoms with E-state index in [1.54, 1.807) is 6.07 Å². The minimum Gasteiger partial charge on any atom is -0.494 e. The van der Waals surface area contributed by atoms with Crippen molar-refractivity contribution in [2.45, 2.75) is 18.9 Å². The van der Waals surface area contributed by atoms with Crippen LogP contribution in [0.25, 0.3) is 0 Å². The zero-order valence-corrected chi connectivity index (χ0v) is 9.83. The third kappa shape index (κ3) is 2.79. The Morgan fingerprint density at radius 3 is 3.00 bits per heavy atom. The Balaban J connectivity index is 2.13. The summed E-state index contributed by atoms with van der Waals surface area (Å²) in [5.41, 5.74) is 6.84. The lowest BCUT2D eigenvalue weighted by Gasteiger charge is -2.25. The lowest BCUT2D eigenvalue weighted by molar-refractivity contribution is 0.0876. The first-order valence-electron chi connectivity index (χ1n) is 5.68. The number of rotatable bonds is 3. The van der Waals surface area contributed by atoms with E-state index >= 15 is 0 Å². The van der Waals surface area contributed by atoms with Crippen LogP contribution in [0, 0.1) is 5.82 Å². The Hall–Kier alpha value is -1.49. The fourth-order valence-corrected chi connectivity index (χ4v) is 1.92. The van der Waals surface area contributed by atoms with Crippen LogP contribution >= 0.6 is 0 Å².